The lowest BCUT2D eigenvalue weighted by Gasteiger charge is -2.10. The molecule has 9 heteroatoms. The molecule has 0 saturated heterocycles. The molecule has 1 rings (SSSR count). The van der Waals surface area contributed by atoms with E-state index in [2.05, 4.69) is 4.74 Å². The van der Waals surface area contributed by atoms with Gasteiger partial charge in [0.2, 0.25) is 5.75 Å². The second-order valence-electron chi connectivity index (χ2n) is 2.56. The Bertz CT molecular complexity index is 437. The van der Waals surface area contributed by atoms with Gasteiger partial charge in [0.05, 0.1) is 5.56 Å². The van der Waals surface area contributed by atoms with E-state index in [1.807, 2.05) is 0 Å². The molecule has 0 bridgehead atoms. The van der Waals surface area contributed by atoms with Crippen LogP contribution in [-0.2, 0) is 0 Å². The molecule has 0 unspecified atom stereocenters. The van der Waals surface area contributed by atoms with Crippen molar-refractivity contribution in [1.29, 1.82) is 0 Å². The van der Waals surface area contributed by atoms with E-state index in [0.29, 0.717) is 0 Å². The first kappa shape index (κ1) is 12.4. The number of alkyl halides is 5. The van der Waals surface area contributed by atoms with Gasteiger partial charge in [-0.25, -0.2) is 13.2 Å². The van der Waals surface area contributed by atoms with E-state index in [1.165, 1.54) is 4.98 Å². The SMILES string of the molecule is O=c1[nH]cc(C(F)F)c(F)c1OC(F)(F)F. The maximum absolute atomic E-state index is 13.0. The second kappa shape index (κ2) is 4.06. The summed E-state index contributed by atoms with van der Waals surface area (Å²) in [7, 11) is 0. The van der Waals surface area contributed by atoms with Crippen molar-refractivity contribution in [3.8, 4) is 5.75 Å². The first-order valence-electron chi connectivity index (χ1n) is 3.67. The van der Waals surface area contributed by atoms with Gasteiger partial charge in [-0.1, -0.05) is 0 Å². The fraction of sp³-hybridized carbons (Fsp3) is 0.286. The molecule has 0 aliphatic heterocycles. The minimum absolute atomic E-state index is 0.283. The van der Waals surface area contributed by atoms with Crippen molar-refractivity contribution in [2.75, 3.05) is 0 Å². The zero-order valence-electron chi connectivity index (χ0n) is 7.24. The van der Waals surface area contributed by atoms with Crippen LogP contribution in [0.2, 0.25) is 0 Å². The molecule has 1 aromatic heterocycles. The Morgan fingerprint density at radius 3 is 2.31 bits per heavy atom. The lowest BCUT2D eigenvalue weighted by molar-refractivity contribution is -0.276. The van der Waals surface area contributed by atoms with Crippen molar-refractivity contribution < 1.29 is 31.1 Å². The van der Waals surface area contributed by atoms with Crippen LogP contribution in [0.15, 0.2) is 11.0 Å². The largest absolute Gasteiger partial charge is 0.573 e. The summed E-state index contributed by atoms with van der Waals surface area (Å²) < 4.78 is 75.3. The first-order chi connectivity index (χ1) is 7.22. The van der Waals surface area contributed by atoms with Crippen LogP contribution in [0.25, 0.3) is 0 Å². The number of aromatic amines is 1. The van der Waals surface area contributed by atoms with E-state index < -0.39 is 35.5 Å². The molecule has 0 atom stereocenters. The Kier molecular flexibility index (Phi) is 3.15. The molecule has 1 aromatic rings. The molecule has 0 radical (unpaired) electrons. The summed E-state index contributed by atoms with van der Waals surface area (Å²) in [5.74, 6) is -3.86. The van der Waals surface area contributed by atoms with E-state index in [0.717, 1.165) is 0 Å². The van der Waals surface area contributed by atoms with Gasteiger partial charge in [0.25, 0.3) is 12.0 Å². The molecular formula is C7H3F6NO2. The first-order valence-corrected chi connectivity index (χ1v) is 3.67. The molecule has 0 saturated carbocycles. The smallest absolute Gasteiger partial charge is 0.397 e. The highest BCUT2D eigenvalue weighted by Gasteiger charge is 2.35. The van der Waals surface area contributed by atoms with Gasteiger partial charge in [0.1, 0.15) is 0 Å². The average molecular weight is 247 g/mol. The topological polar surface area (TPSA) is 42.1 Å². The molecule has 0 spiro atoms. The highest BCUT2D eigenvalue weighted by molar-refractivity contribution is 5.27. The normalized spacial score (nSPS) is 11.9. The van der Waals surface area contributed by atoms with Gasteiger partial charge >= 0.3 is 6.36 Å². The molecule has 16 heavy (non-hydrogen) atoms. The van der Waals surface area contributed by atoms with Crippen LogP contribution in [0.1, 0.15) is 12.0 Å². The zero-order chi connectivity index (χ0) is 12.5. The Hall–Kier alpha value is -1.67. The standard InChI is InChI=1S/C7H3F6NO2/c8-3-2(5(9)10)1-14-6(15)4(3)16-7(11,12)13/h1,5H,(H,14,15). The third kappa shape index (κ3) is 2.67. The van der Waals surface area contributed by atoms with Crippen molar-refractivity contribution >= 4 is 0 Å². The highest BCUT2D eigenvalue weighted by Crippen LogP contribution is 2.28. The van der Waals surface area contributed by atoms with Gasteiger partial charge in [-0.05, 0) is 0 Å². The van der Waals surface area contributed by atoms with Crippen LogP contribution in [0.5, 0.6) is 5.75 Å². The summed E-state index contributed by atoms with van der Waals surface area (Å²) in [6, 6.07) is 0. The third-order valence-electron chi connectivity index (χ3n) is 1.47. The molecular weight excluding hydrogens is 244 g/mol. The van der Waals surface area contributed by atoms with Crippen molar-refractivity contribution in [3.63, 3.8) is 0 Å². The fourth-order valence-electron chi connectivity index (χ4n) is 0.869. The minimum Gasteiger partial charge on any atom is -0.397 e. The van der Waals surface area contributed by atoms with Crippen molar-refractivity contribution in [3.05, 3.63) is 27.9 Å². The van der Waals surface area contributed by atoms with E-state index in [-0.39, 0.29) is 6.20 Å². The number of halogens is 6. The Labute approximate surface area is 83.6 Å². The third-order valence-corrected chi connectivity index (χ3v) is 1.47. The molecule has 1 N–H and O–H groups in total. The molecule has 0 aliphatic rings. The van der Waals surface area contributed by atoms with Crippen LogP contribution in [0.4, 0.5) is 26.3 Å². The predicted octanol–water partition coefficient (Wildman–Crippen LogP) is 2.35. The quantitative estimate of drug-likeness (QED) is 0.815. The fourth-order valence-corrected chi connectivity index (χ4v) is 0.869. The summed E-state index contributed by atoms with van der Waals surface area (Å²) in [5.41, 5.74) is -2.96. The number of hydrogen-bond donors (Lipinski definition) is 1. The summed E-state index contributed by atoms with van der Waals surface area (Å²) in [6.45, 7) is 0. The van der Waals surface area contributed by atoms with E-state index >= 15 is 0 Å². The maximum atomic E-state index is 13.0. The van der Waals surface area contributed by atoms with Crippen LogP contribution >= 0.6 is 0 Å². The van der Waals surface area contributed by atoms with Crippen LogP contribution in [0, 0.1) is 5.82 Å². The van der Waals surface area contributed by atoms with E-state index in [4.69, 9.17) is 0 Å². The number of pyridine rings is 1. The molecule has 0 fully saturated rings. The van der Waals surface area contributed by atoms with Crippen molar-refractivity contribution in [2.45, 2.75) is 12.8 Å². The van der Waals surface area contributed by atoms with Crippen LogP contribution < -0.4 is 10.3 Å². The summed E-state index contributed by atoms with van der Waals surface area (Å²) in [6.07, 6.45) is -8.42. The molecule has 0 aromatic carbocycles. The Morgan fingerprint density at radius 1 is 1.31 bits per heavy atom. The average Bonchev–Trinajstić information content (AvgIpc) is 2.10. The molecule has 0 amide bonds. The Balaban J connectivity index is 3.27. The summed E-state index contributed by atoms with van der Waals surface area (Å²) in [4.78, 5) is 12.2. The van der Waals surface area contributed by atoms with E-state index in [9.17, 15) is 31.1 Å². The van der Waals surface area contributed by atoms with Gasteiger partial charge in [0.15, 0.2) is 5.82 Å². The number of rotatable bonds is 2. The lowest BCUT2D eigenvalue weighted by atomic mass is 10.2. The van der Waals surface area contributed by atoms with Gasteiger partial charge in [0, 0.05) is 6.20 Å². The van der Waals surface area contributed by atoms with Crippen molar-refractivity contribution in [2.24, 2.45) is 0 Å². The highest BCUT2D eigenvalue weighted by atomic mass is 19.4. The van der Waals surface area contributed by atoms with Gasteiger partial charge in [-0.3, -0.25) is 4.79 Å². The predicted molar refractivity (Wildman–Crippen MR) is 38.7 cm³/mol. The minimum atomic E-state index is -5.34. The second-order valence-corrected chi connectivity index (χ2v) is 2.56. The number of hydrogen-bond acceptors (Lipinski definition) is 2. The number of ether oxygens (including phenoxy) is 1. The van der Waals surface area contributed by atoms with Gasteiger partial charge < -0.3 is 9.72 Å². The maximum Gasteiger partial charge on any atom is 0.573 e. The summed E-state index contributed by atoms with van der Waals surface area (Å²) in [5, 5.41) is 0. The number of H-pyrrole nitrogens is 1. The number of nitrogens with one attached hydrogen (secondary N) is 1. The van der Waals surface area contributed by atoms with Gasteiger partial charge in [-0.15, -0.1) is 13.2 Å². The van der Waals surface area contributed by atoms with E-state index in [1.54, 1.807) is 0 Å². The molecule has 90 valence electrons. The molecule has 0 aliphatic carbocycles. The number of aromatic nitrogens is 1. The Morgan fingerprint density at radius 2 is 1.88 bits per heavy atom. The molecule has 3 nitrogen and oxygen atoms in total. The molecule has 1 heterocycles. The van der Waals surface area contributed by atoms with Crippen LogP contribution in [0.3, 0.4) is 0 Å². The summed E-state index contributed by atoms with van der Waals surface area (Å²) >= 11 is 0. The van der Waals surface area contributed by atoms with Crippen LogP contribution in [-0.4, -0.2) is 11.3 Å². The monoisotopic (exact) mass is 247 g/mol. The van der Waals surface area contributed by atoms with Crippen molar-refractivity contribution in [1.82, 2.24) is 4.98 Å². The zero-order valence-corrected chi connectivity index (χ0v) is 7.24. The lowest BCUT2D eigenvalue weighted by Crippen LogP contribution is -2.24. The van der Waals surface area contributed by atoms with Gasteiger partial charge in [-0.2, -0.15) is 0 Å².